The van der Waals surface area contributed by atoms with Crippen molar-refractivity contribution in [3.63, 3.8) is 0 Å². The lowest BCUT2D eigenvalue weighted by Crippen LogP contribution is -2.57. The van der Waals surface area contributed by atoms with E-state index >= 15 is 0 Å². The molecule has 0 aliphatic carbocycles. The molecule has 2 rings (SSSR count). The molecule has 2 heterocycles. The summed E-state index contributed by atoms with van der Waals surface area (Å²) < 4.78 is 0. The fourth-order valence-electron chi connectivity index (χ4n) is 4.09. The van der Waals surface area contributed by atoms with Gasteiger partial charge in [0.1, 0.15) is 0 Å². The van der Waals surface area contributed by atoms with Crippen molar-refractivity contribution in [2.24, 2.45) is 11.8 Å². The minimum atomic E-state index is 0.704. The predicted octanol–water partition coefficient (Wildman–Crippen LogP) is 2.82. The van der Waals surface area contributed by atoms with Crippen LogP contribution in [0.15, 0.2) is 0 Å². The molecule has 0 saturated carbocycles. The number of nitrogens with zero attached hydrogens (tertiary/aromatic N) is 2. The lowest BCUT2D eigenvalue weighted by molar-refractivity contribution is 0.0997. The van der Waals surface area contributed by atoms with Gasteiger partial charge in [-0.15, -0.1) is 0 Å². The fourth-order valence-corrected chi connectivity index (χ4v) is 4.09. The number of hydrogen-bond donors (Lipinski definition) is 1. The Balaban J connectivity index is 1.86. The van der Waals surface area contributed by atoms with E-state index in [1.165, 1.54) is 52.0 Å². The largest absolute Gasteiger partial charge is 0.311 e. The van der Waals surface area contributed by atoms with Crippen molar-refractivity contribution in [2.45, 2.75) is 72.0 Å². The van der Waals surface area contributed by atoms with Gasteiger partial charge in [-0.1, -0.05) is 20.8 Å². The summed E-state index contributed by atoms with van der Waals surface area (Å²) in [5.74, 6) is 1.68. The summed E-state index contributed by atoms with van der Waals surface area (Å²) in [6.07, 6.45) is 3.99. The van der Waals surface area contributed by atoms with Crippen molar-refractivity contribution in [3.05, 3.63) is 0 Å². The third-order valence-corrected chi connectivity index (χ3v) is 5.38. The third kappa shape index (κ3) is 4.94. The molecule has 0 aromatic heterocycles. The molecule has 124 valence electrons. The van der Waals surface area contributed by atoms with Gasteiger partial charge in [0.05, 0.1) is 0 Å². The number of piperazine rings is 1. The van der Waals surface area contributed by atoms with Gasteiger partial charge < -0.3 is 10.2 Å². The molecule has 2 aliphatic rings. The highest BCUT2D eigenvalue weighted by molar-refractivity contribution is 4.89. The maximum atomic E-state index is 3.78. The zero-order chi connectivity index (χ0) is 15.4. The van der Waals surface area contributed by atoms with Crippen LogP contribution in [0.25, 0.3) is 0 Å². The monoisotopic (exact) mass is 295 g/mol. The summed E-state index contributed by atoms with van der Waals surface area (Å²) in [6.45, 7) is 18.1. The molecule has 0 amide bonds. The second kappa shape index (κ2) is 7.94. The van der Waals surface area contributed by atoms with Crippen molar-refractivity contribution < 1.29 is 0 Å². The van der Waals surface area contributed by atoms with Crippen LogP contribution in [0.1, 0.15) is 53.9 Å². The second-order valence-electron chi connectivity index (χ2n) is 7.99. The lowest BCUT2D eigenvalue weighted by atomic mass is 9.97. The first kappa shape index (κ1) is 17.2. The highest BCUT2D eigenvalue weighted by atomic mass is 15.2. The van der Waals surface area contributed by atoms with Crippen molar-refractivity contribution in [3.8, 4) is 0 Å². The predicted molar refractivity (Wildman–Crippen MR) is 91.7 cm³/mol. The quantitative estimate of drug-likeness (QED) is 0.813. The van der Waals surface area contributed by atoms with Gasteiger partial charge in [-0.3, -0.25) is 4.90 Å². The smallest absolute Gasteiger partial charge is 0.0218 e. The molecule has 0 aromatic rings. The first-order valence-corrected chi connectivity index (χ1v) is 9.21. The Hall–Kier alpha value is -0.120. The topological polar surface area (TPSA) is 18.5 Å². The van der Waals surface area contributed by atoms with Crippen molar-refractivity contribution in [1.29, 1.82) is 0 Å². The molecule has 3 heteroatoms. The van der Waals surface area contributed by atoms with E-state index in [0.29, 0.717) is 12.1 Å². The Labute approximate surface area is 132 Å². The molecule has 3 nitrogen and oxygen atoms in total. The summed E-state index contributed by atoms with van der Waals surface area (Å²) in [7, 11) is 0. The zero-order valence-electron chi connectivity index (χ0n) is 14.9. The molecule has 0 aromatic carbocycles. The Morgan fingerprint density at radius 2 is 1.90 bits per heavy atom. The molecular formula is C18H37N3. The summed E-state index contributed by atoms with van der Waals surface area (Å²) >= 11 is 0. The Kier molecular flexibility index (Phi) is 6.51. The van der Waals surface area contributed by atoms with Crippen LogP contribution in [0, 0.1) is 11.8 Å². The number of rotatable bonds is 6. The maximum Gasteiger partial charge on any atom is 0.0218 e. The van der Waals surface area contributed by atoms with E-state index < -0.39 is 0 Å². The molecule has 21 heavy (non-hydrogen) atoms. The van der Waals surface area contributed by atoms with Gasteiger partial charge in [0.25, 0.3) is 0 Å². The van der Waals surface area contributed by atoms with Crippen LogP contribution < -0.4 is 5.32 Å². The summed E-state index contributed by atoms with van der Waals surface area (Å²) in [5, 5.41) is 3.78. The van der Waals surface area contributed by atoms with Crippen LogP contribution in [-0.4, -0.2) is 60.6 Å². The molecular weight excluding hydrogens is 258 g/mol. The van der Waals surface area contributed by atoms with E-state index in [9.17, 15) is 0 Å². The van der Waals surface area contributed by atoms with Crippen LogP contribution in [-0.2, 0) is 0 Å². The Morgan fingerprint density at radius 3 is 2.48 bits per heavy atom. The molecule has 0 radical (unpaired) electrons. The van der Waals surface area contributed by atoms with E-state index in [2.05, 4.69) is 49.7 Å². The molecule has 3 atom stereocenters. The number of likely N-dealkylation sites (tertiary alicyclic amines) is 1. The third-order valence-electron chi connectivity index (χ3n) is 5.38. The van der Waals surface area contributed by atoms with Crippen LogP contribution in [0.5, 0.6) is 0 Å². The van der Waals surface area contributed by atoms with Gasteiger partial charge >= 0.3 is 0 Å². The minimum Gasteiger partial charge on any atom is -0.311 e. The summed E-state index contributed by atoms with van der Waals surface area (Å²) in [5.41, 5.74) is 0. The van der Waals surface area contributed by atoms with Crippen molar-refractivity contribution >= 4 is 0 Å². The van der Waals surface area contributed by atoms with Crippen LogP contribution >= 0.6 is 0 Å². The van der Waals surface area contributed by atoms with Gasteiger partial charge in [0, 0.05) is 44.3 Å². The second-order valence-corrected chi connectivity index (χ2v) is 7.99. The molecule has 2 fully saturated rings. The zero-order valence-corrected chi connectivity index (χ0v) is 14.9. The van der Waals surface area contributed by atoms with Crippen molar-refractivity contribution in [2.75, 3.05) is 32.7 Å². The van der Waals surface area contributed by atoms with Gasteiger partial charge in [0.15, 0.2) is 0 Å². The molecule has 2 aliphatic heterocycles. The highest BCUT2D eigenvalue weighted by Crippen LogP contribution is 2.23. The van der Waals surface area contributed by atoms with E-state index in [1.54, 1.807) is 0 Å². The highest BCUT2D eigenvalue weighted by Gasteiger charge is 2.31. The number of nitrogens with one attached hydrogen (secondary N) is 1. The molecule has 0 spiro atoms. The van der Waals surface area contributed by atoms with Crippen LogP contribution in [0.3, 0.4) is 0 Å². The van der Waals surface area contributed by atoms with E-state index in [1.807, 2.05) is 0 Å². The molecule has 2 saturated heterocycles. The molecule has 3 unspecified atom stereocenters. The fraction of sp³-hybridized carbons (Fsp3) is 1.00. The van der Waals surface area contributed by atoms with Crippen molar-refractivity contribution in [1.82, 2.24) is 15.1 Å². The summed E-state index contributed by atoms with van der Waals surface area (Å²) in [4.78, 5) is 5.46. The van der Waals surface area contributed by atoms with Gasteiger partial charge in [-0.05, 0) is 51.5 Å². The SMILES string of the molecule is CCC1CNC(CC(C)C)CN1CC1CCN(C(C)C)C1. The van der Waals surface area contributed by atoms with Gasteiger partial charge in [-0.25, -0.2) is 0 Å². The normalized spacial score (nSPS) is 32.4. The van der Waals surface area contributed by atoms with Gasteiger partial charge in [0.2, 0.25) is 0 Å². The minimum absolute atomic E-state index is 0.704. The van der Waals surface area contributed by atoms with Crippen LogP contribution in [0.4, 0.5) is 0 Å². The Bertz CT molecular complexity index is 303. The molecule has 1 N–H and O–H groups in total. The number of hydrogen-bond acceptors (Lipinski definition) is 3. The summed E-state index contributed by atoms with van der Waals surface area (Å²) in [6, 6.07) is 2.17. The lowest BCUT2D eigenvalue weighted by Gasteiger charge is -2.42. The Morgan fingerprint density at radius 1 is 1.14 bits per heavy atom. The van der Waals surface area contributed by atoms with Crippen LogP contribution in [0.2, 0.25) is 0 Å². The maximum absolute atomic E-state index is 3.78. The average molecular weight is 296 g/mol. The first-order valence-electron chi connectivity index (χ1n) is 9.21. The van der Waals surface area contributed by atoms with E-state index in [4.69, 9.17) is 0 Å². The standard InChI is InChI=1S/C18H37N3/c1-6-18-10-19-17(9-14(2)3)13-21(18)12-16-7-8-20(11-16)15(4)5/h14-19H,6-13H2,1-5H3. The average Bonchev–Trinajstić information content (AvgIpc) is 2.87. The van der Waals surface area contributed by atoms with E-state index in [-0.39, 0.29) is 0 Å². The van der Waals surface area contributed by atoms with Gasteiger partial charge in [-0.2, -0.15) is 0 Å². The molecule has 0 bridgehead atoms. The first-order chi connectivity index (χ1) is 9.99. The van der Waals surface area contributed by atoms with E-state index in [0.717, 1.165) is 17.9 Å².